The molecule has 0 spiro atoms. The lowest BCUT2D eigenvalue weighted by Gasteiger charge is -2.20. The standard InChI is InChI=1S/C15H19N3/c1-3-17-14(12-7-5-4-6-8-12)13-9-11(2)10-18-15(13)16/h4-10,14,17H,3H2,1-2H3,(H2,16,18). The van der Waals surface area contributed by atoms with Gasteiger partial charge in [-0.2, -0.15) is 0 Å². The van der Waals surface area contributed by atoms with Gasteiger partial charge in [0, 0.05) is 11.8 Å². The van der Waals surface area contributed by atoms with E-state index in [1.165, 1.54) is 5.56 Å². The lowest BCUT2D eigenvalue weighted by Crippen LogP contribution is -2.23. The van der Waals surface area contributed by atoms with E-state index in [-0.39, 0.29) is 6.04 Å². The van der Waals surface area contributed by atoms with Crippen LogP contribution < -0.4 is 11.1 Å². The van der Waals surface area contributed by atoms with E-state index < -0.39 is 0 Å². The summed E-state index contributed by atoms with van der Waals surface area (Å²) in [7, 11) is 0. The number of hydrogen-bond acceptors (Lipinski definition) is 3. The highest BCUT2D eigenvalue weighted by molar-refractivity contribution is 5.47. The summed E-state index contributed by atoms with van der Waals surface area (Å²) >= 11 is 0. The molecule has 1 aromatic heterocycles. The van der Waals surface area contributed by atoms with Crippen molar-refractivity contribution >= 4 is 5.82 Å². The molecule has 1 unspecified atom stereocenters. The van der Waals surface area contributed by atoms with Crippen LogP contribution in [0.4, 0.5) is 5.82 Å². The molecule has 18 heavy (non-hydrogen) atoms. The lowest BCUT2D eigenvalue weighted by atomic mass is 9.98. The summed E-state index contributed by atoms with van der Waals surface area (Å²) in [5, 5.41) is 3.46. The van der Waals surface area contributed by atoms with Crippen molar-refractivity contribution < 1.29 is 0 Å². The summed E-state index contributed by atoms with van der Waals surface area (Å²) in [5.41, 5.74) is 9.38. The summed E-state index contributed by atoms with van der Waals surface area (Å²) in [6.45, 7) is 5.01. The second-order valence-electron chi connectivity index (χ2n) is 4.39. The fourth-order valence-electron chi connectivity index (χ4n) is 2.09. The van der Waals surface area contributed by atoms with Crippen LogP contribution in [0.2, 0.25) is 0 Å². The molecule has 3 N–H and O–H groups in total. The molecule has 2 aromatic rings. The first-order valence-corrected chi connectivity index (χ1v) is 6.22. The first-order valence-electron chi connectivity index (χ1n) is 6.22. The number of nitrogens with one attached hydrogen (secondary N) is 1. The van der Waals surface area contributed by atoms with Crippen molar-refractivity contribution in [1.29, 1.82) is 0 Å². The van der Waals surface area contributed by atoms with Crippen molar-refractivity contribution in [3.63, 3.8) is 0 Å². The molecule has 0 fully saturated rings. The number of rotatable bonds is 4. The molecule has 1 heterocycles. The zero-order valence-corrected chi connectivity index (χ0v) is 10.9. The Bertz CT molecular complexity index is 508. The Morgan fingerprint density at radius 2 is 2.00 bits per heavy atom. The number of aryl methyl sites for hydroxylation is 1. The summed E-state index contributed by atoms with van der Waals surface area (Å²) in [6, 6.07) is 12.5. The highest BCUT2D eigenvalue weighted by Gasteiger charge is 2.16. The second kappa shape index (κ2) is 5.65. The van der Waals surface area contributed by atoms with Crippen molar-refractivity contribution in [2.75, 3.05) is 12.3 Å². The van der Waals surface area contributed by atoms with E-state index in [0.717, 1.165) is 17.7 Å². The van der Waals surface area contributed by atoms with Gasteiger partial charge in [-0.15, -0.1) is 0 Å². The third kappa shape index (κ3) is 2.68. The molecular weight excluding hydrogens is 222 g/mol. The van der Waals surface area contributed by atoms with E-state index in [2.05, 4.69) is 35.4 Å². The Balaban J connectivity index is 2.44. The van der Waals surface area contributed by atoms with E-state index in [1.54, 1.807) is 6.20 Å². The fourth-order valence-corrected chi connectivity index (χ4v) is 2.09. The van der Waals surface area contributed by atoms with E-state index in [0.29, 0.717) is 5.82 Å². The number of nitrogen functional groups attached to an aromatic ring is 1. The average Bonchev–Trinajstić information content (AvgIpc) is 2.40. The van der Waals surface area contributed by atoms with Crippen LogP contribution in [-0.2, 0) is 0 Å². The third-order valence-electron chi connectivity index (χ3n) is 2.94. The molecule has 1 aromatic carbocycles. The van der Waals surface area contributed by atoms with Gasteiger partial charge in [0.05, 0.1) is 6.04 Å². The van der Waals surface area contributed by atoms with Crippen LogP contribution in [0, 0.1) is 6.92 Å². The van der Waals surface area contributed by atoms with E-state index in [1.807, 2.05) is 25.1 Å². The maximum Gasteiger partial charge on any atom is 0.128 e. The maximum absolute atomic E-state index is 6.01. The number of nitrogens with two attached hydrogens (primary N) is 1. The Hall–Kier alpha value is -1.87. The van der Waals surface area contributed by atoms with Gasteiger partial charge in [0.1, 0.15) is 5.82 Å². The number of hydrogen-bond donors (Lipinski definition) is 2. The van der Waals surface area contributed by atoms with Crippen LogP contribution in [0.3, 0.4) is 0 Å². The molecule has 0 aliphatic rings. The molecule has 0 aliphatic heterocycles. The molecule has 0 radical (unpaired) electrons. The maximum atomic E-state index is 6.01. The van der Waals surface area contributed by atoms with Crippen LogP contribution in [0.15, 0.2) is 42.6 Å². The lowest BCUT2D eigenvalue weighted by molar-refractivity contribution is 0.630. The molecule has 3 heteroatoms. The van der Waals surface area contributed by atoms with Gasteiger partial charge in [0.25, 0.3) is 0 Å². The van der Waals surface area contributed by atoms with Gasteiger partial charge in [0.2, 0.25) is 0 Å². The highest BCUT2D eigenvalue weighted by Crippen LogP contribution is 2.26. The van der Waals surface area contributed by atoms with Crippen LogP contribution in [0.1, 0.15) is 29.7 Å². The largest absolute Gasteiger partial charge is 0.383 e. The minimum atomic E-state index is 0.101. The van der Waals surface area contributed by atoms with Gasteiger partial charge in [-0.25, -0.2) is 4.98 Å². The molecule has 0 amide bonds. The predicted molar refractivity (Wildman–Crippen MR) is 75.3 cm³/mol. The second-order valence-corrected chi connectivity index (χ2v) is 4.39. The van der Waals surface area contributed by atoms with Crippen molar-refractivity contribution in [1.82, 2.24) is 10.3 Å². The molecule has 0 aliphatic carbocycles. The minimum absolute atomic E-state index is 0.101. The van der Waals surface area contributed by atoms with Gasteiger partial charge >= 0.3 is 0 Å². The molecule has 2 rings (SSSR count). The Labute approximate surface area is 108 Å². The van der Waals surface area contributed by atoms with Gasteiger partial charge in [-0.1, -0.05) is 37.3 Å². The Kier molecular flexibility index (Phi) is 3.95. The normalized spacial score (nSPS) is 12.3. The number of pyridine rings is 1. The fraction of sp³-hybridized carbons (Fsp3) is 0.267. The quantitative estimate of drug-likeness (QED) is 0.865. The first kappa shape index (κ1) is 12.6. The third-order valence-corrected chi connectivity index (χ3v) is 2.94. The van der Waals surface area contributed by atoms with E-state index in [9.17, 15) is 0 Å². The minimum Gasteiger partial charge on any atom is -0.383 e. The van der Waals surface area contributed by atoms with E-state index in [4.69, 9.17) is 5.73 Å². The van der Waals surface area contributed by atoms with Gasteiger partial charge in [-0.3, -0.25) is 0 Å². The molecule has 3 nitrogen and oxygen atoms in total. The van der Waals surface area contributed by atoms with Gasteiger partial charge in [-0.05, 0) is 30.7 Å². The van der Waals surface area contributed by atoms with Crippen molar-refractivity contribution in [3.8, 4) is 0 Å². The van der Waals surface area contributed by atoms with Crippen LogP contribution in [-0.4, -0.2) is 11.5 Å². The summed E-state index contributed by atoms with van der Waals surface area (Å²) < 4.78 is 0. The molecule has 0 saturated heterocycles. The predicted octanol–water partition coefficient (Wildman–Crippen LogP) is 2.67. The van der Waals surface area contributed by atoms with Crippen molar-refractivity contribution in [2.24, 2.45) is 0 Å². The molecule has 1 atom stereocenters. The zero-order valence-electron chi connectivity index (χ0n) is 10.9. The molecule has 94 valence electrons. The zero-order chi connectivity index (χ0) is 13.0. The monoisotopic (exact) mass is 241 g/mol. The number of nitrogens with zero attached hydrogens (tertiary/aromatic N) is 1. The smallest absolute Gasteiger partial charge is 0.128 e. The summed E-state index contributed by atoms with van der Waals surface area (Å²) in [5.74, 6) is 0.593. The number of benzene rings is 1. The van der Waals surface area contributed by atoms with Gasteiger partial charge < -0.3 is 11.1 Å². The van der Waals surface area contributed by atoms with Crippen LogP contribution in [0.5, 0.6) is 0 Å². The Morgan fingerprint density at radius 3 is 2.67 bits per heavy atom. The van der Waals surface area contributed by atoms with Crippen LogP contribution in [0.25, 0.3) is 0 Å². The highest BCUT2D eigenvalue weighted by atomic mass is 14.9. The molecular formula is C15H19N3. The molecule has 0 bridgehead atoms. The van der Waals surface area contributed by atoms with Crippen LogP contribution >= 0.6 is 0 Å². The first-order chi connectivity index (χ1) is 8.72. The summed E-state index contributed by atoms with van der Waals surface area (Å²) in [6.07, 6.45) is 1.80. The topological polar surface area (TPSA) is 50.9 Å². The Morgan fingerprint density at radius 1 is 1.28 bits per heavy atom. The number of aromatic nitrogens is 1. The molecule has 0 saturated carbocycles. The average molecular weight is 241 g/mol. The summed E-state index contributed by atoms with van der Waals surface area (Å²) in [4.78, 5) is 4.25. The SMILES string of the molecule is CCNC(c1ccccc1)c1cc(C)cnc1N. The number of anilines is 1. The van der Waals surface area contributed by atoms with Crippen molar-refractivity contribution in [3.05, 3.63) is 59.3 Å². The van der Waals surface area contributed by atoms with Gasteiger partial charge in [0.15, 0.2) is 0 Å². The van der Waals surface area contributed by atoms with Crippen molar-refractivity contribution in [2.45, 2.75) is 19.9 Å². The van der Waals surface area contributed by atoms with E-state index >= 15 is 0 Å².